The maximum absolute atomic E-state index is 4.53. The standard InChI is InChI=1S/C11H14N2/c1-7-5-12-9-3-2-4-10-11(9)8(7)6-13-10/h5,10,13H,2-4,6H2,1H3/t10-/m0/s1. The van der Waals surface area contributed by atoms with Crippen LogP contribution in [0.4, 0.5) is 0 Å². The van der Waals surface area contributed by atoms with Crippen molar-refractivity contribution in [1.29, 1.82) is 0 Å². The summed E-state index contributed by atoms with van der Waals surface area (Å²) in [6, 6.07) is 0.617. The molecule has 1 N–H and O–H groups in total. The summed E-state index contributed by atoms with van der Waals surface area (Å²) in [5.41, 5.74) is 5.76. The Bertz CT molecular complexity index is 357. The summed E-state index contributed by atoms with van der Waals surface area (Å²) in [6.45, 7) is 3.22. The Morgan fingerprint density at radius 2 is 2.46 bits per heavy atom. The average Bonchev–Trinajstić information content (AvgIpc) is 2.57. The highest BCUT2D eigenvalue weighted by molar-refractivity contribution is 5.42. The fourth-order valence-electron chi connectivity index (χ4n) is 2.60. The number of pyridine rings is 1. The van der Waals surface area contributed by atoms with E-state index in [1.54, 1.807) is 0 Å². The molecule has 2 aliphatic rings. The quantitative estimate of drug-likeness (QED) is 0.649. The molecule has 2 nitrogen and oxygen atoms in total. The summed E-state index contributed by atoms with van der Waals surface area (Å²) >= 11 is 0. The van der Waals surface area contributed by atoms with Crippen molar-refractivity contribution in [3.8, 4) is 0 Å². The smallest absolute Gasteiger partial charge is 0.0454 e. The number of rotatable bonds is 0. The van der Waals surface area contributed by atoms with Crippen LogP contribution in [0.1, 0.15) is 41.3 Å². The minimum atomic E-state index is 0.617. The van der Waals surface area contributed by atoms with Crippen molar-refractivity contribution in [2.24, 2.45) is 0 Å². The Kier molecular flexibility index (Phi) is 1.47. The third kappa shape index (κ3) is 0.953. The van der Waals surface area contributed by atoms with Crippen LogP contribution in [0.2, 0.25) is 0 Å². The van der Waals surface area contributed by atoms with Crippen LogP contribution >= 0.6 is 0 Å². The van der Waals surface area contributed by atoms with Gasteiger partial charge in [0.2, 0.25) is 0 Å². The number of nitrogens with one attached hydrogen (secondary N) is 1. The van der Waals surface area contributed by atoms with Gasteiger partial charge in [0, 0.05) is 24.5 Å². The predicted molar refractivity (Wildman–Crippen MR) is 51.5 cm³/mol. The van der Waals surface area contributed by atoms with E-state index in [9.17, 15) is 0 Å². The molecule has 0 radical (unpaired) electrons. The molecule has 3 rings (SSSR count). The number of hydrogen-bond donors (Lipinski definition) is 1. The van der Waals surface area contributed by atoms with Gasteiger partial charge >= 0.3 is 0 Å². The highest BCUT2D eigenvalue weighted by Crippen LogP contribution is 2.36. The number of aromatic nitrogens is 1. The van der Waals surface area contributed by atoms with Crippen molar-refractivity contribution in [1.82, 2.24) is 10.3 Å². The van der Waals surface area contributed by atoms with E-state index in [4.69, 9.17) is 0 Å². The second kappa shape index (κ2) is 2.55. The molecule has 1 aromatic rings. The predicted octanol–water partition coefficient (Wildman–Crippen LogP) is 1.87. The summed E-state index contributed by atoms with van der Waals surface area (Å²) in [4.78, 5) is 4.53. The van der Waals surface area contributed by atoms with Gasteiger partial charge in [-0.15, -0.1) is 0 Å². The molecule has 68 valence electrons. The van der Waals surface area contributed by atoms with Crippen LogP contribution in [-0.4, -0.2) is 4.98 Å². The molecule has 2 heteroatoms. The van der Waals surface area contributed by atoms with Gasteiger partial charge in [-0.05, 0) is 42.9 Å². The van der Waals surface area contributed by atoms with E-state index in [0.717, 1.165) is 6.54 Å². The first-order valence-corrected chi connectivity index (χ1v) is 5.07. The van der Waals surface area contributed by atoms with Crippen LogP contribution in [0.25, 0.3) is 0 Å². The largest absolute Gasteiger partial charge is 0.306 e. The first-order chi connectivity index (χ1) is 6.36. The molecule has 1 aliphatic carbocycles. The lowest BCUT2D eigenvalue weighted by Crippen LogP contribution is -2.17. The van der Waals surface area contributed by atoms with Crippen LogP contribution in [0, 0.1) is 6.92 Å². The van der Waals surface area contributed by atoms with E-state index in [1.807, 2.05) is 6.20 Å². The Hall–Kier alpha value is -0.890. The fourth-order valence-corrected chi connectivity index (χ4v) is 2.60. The van der Waals surface area contributed by atoms with Crippen molar-refractivity contribution in [3.63, 3.8) is 0 Å². The van der Waals surface area contributed by atoms with Crippen LogP contribution in [-0.2, 0) is 13.0 Å². The minimum absolute atomic E-state index is 0.617. The van der Waals surface area contributed by atoms with Crippen molar-refractivity contribution < 1.29 is 0 Å². The van der Waals surface area contributed by atoms with Gasteiger partial charge in [-0.25, -0.2) is 0 Å². The Labute approximate surface area is 78.4 Å². The maximum Gasteiger partial charge on any atom is 0.0454 e. The van der Waals surface area contributed by atoms with E-state index < -0.39 is 0 Å². The number of aryl methyl sites for hydroxylation is 2. The van der Waals surface area contributed by atoms with Crippen molar-refractivity contribution in [2.45, 2.75) is 38.8 Å². The van der Waals surface area contributed by atoms with E-state index >= 15 is 0 Å². The van der Waals surface area contributed by atoms with Crippen molar-refractivity contribution in [2.75, 3.05) is 0 Å². The van der Waals surface area contributed by atoms with Crippen LogP contribution in [0.5, 0.6) is 0 Å². The second-order valence-electron chi connectivity index (χ2n) is 4.11. The van der Waals surface area contributed by atoms with E-state index in [0.29, 0.717) is 6.04 Å². The van der Waals surface area contributed by atoms with Gasteiger partial charge < -0.3 is 5.32 Å². The molecule has 1 atom stereocenters. The Morgan fingerprint density at radius 1 is 1.54 bits per heavy atom. The zero-order valence-electron chi connectivity index (χ0n) is 7.93. The van der Waals surface area contributed by atoms with Gasteiger partial charge in [0.1, 0.15) is 0 Å². The SMILES string of the molecule is Cc1cnc2c3c1CN[C@H]3CCC2. The average molecular weight is 174 g/mol. The molecule has 1 aromatic heterocycles. The molecule has 13 heavy (non-hydrogen) atoms. The van der Waals surface area contributed by atoms with Gasteiger partial charge in [0.15, 0.2) is 0 Å². The molecule has 0 fully saturated rings. The van der Waals surface area contributed by atoms with Gasteiger partial charge in [-0.1, -0.05) is 0 Å². The third-order valence-electron chi connectivity index (χ3n) is 3.31. The van der Waals surface area contributed by atoms with Crippen molar-refractivity contribution >= 4 is 0 Å². The van der Waals surface area contributed by atoms with Gasteiger partial charge in [0.25, 0.3) is 0 Å². The number of hydrogen-bond acceptors (Lipinski definition) is 2. The third-order valence-corrected chi connectivity index (χ3v) is 3.31. The highest BCUT2D eigenvalue weighted by atomic mass is 15.0. The second-order valence-corrected chi connectivity index (χ2v) is 4.11. The van der Waals surface area contributed by atoms with Crippen molar-refractivity contribution in [3.05, 3.63) is 28.6 Å². The summed E-state index contributed by atoms with van der Waals surface area (Å²) in [6.07, 6.45) is 5.80. The summed E-state index contributed by atoms with van der Waals surface area (Å²) in [5, 5.41) is 3.56. The summed E-state index contributed by atoms with van der Waals surface area (Å²) in [5.74, 6) is 0. The molecule has 0 aromatic carbocycles. The molecule has 0 saturated carbocycles. The van der Waals surface area contributed by atoms with Gasteiger partial charge in [0.05, 0.1) is 0 Å². The summed E-state index contributed by atoms with van der Waals surface area (Å²) in [7, 11) is 0. The molecule has 0 unspecified atom stereocenters. The molecule has 0 bridgehead atoms. The van der Waals surface area contributed by atoms with E-state index in [-0.39, 0.29) is 0 Å². The lowest BCUT2D eigenvalue weighted by atomic mass is 9.90. The van der Waals surface area contributed by atoms with Crippen LogP contribution in [0.15, 0.2) is 6.20 Å². The Balaban J connectivity index is 2.25. The zero-order valence-corrected chi connectivity index (χ0v) is 7.93. The molecule has 1 aliphatic heterocycles. The first kappa shape index (κ1) is 7.51. The number of nitrogens with zero attached hydrogens (tertiary/aromatic N) is 1. The first-order valence-electron chi connectivity index (χ1n) is 5.07. The lowest BCUT2D eigenvalue weighted by Gasteiger charge is -2.20. The Morgan fingerprint density at radius 3 is 3.38 bits per heavy atom. The molecule has 2 heterocycles. The monoisotopic (exact) mass is 174 g/mol. The van der Waals surface area contributed by atoms with Gasteiger partial charge in [-0.3, -0.25) is 4.98 Å². The van der Waals surface area contributed by atoms with Crippen LogP contribution < -0.4 is 5.32 Å². The molecule has 0 spiro atoms. The highest BCUT2D eigenvalue weighted by Gasteiger charge is 2.29. The maximum atomic E-state index is 4.53. The van der Waals surface area contributed by atoms with E-state index in [1.165, 1.54) is 41.6 Å². The summed E-state index contributed by atoms with van der Waals surface area (Å²) < 4.78 is 0. The van der Waals surface area contributed by atoms with Crippen LogP contribution in [0.3, 0.4) is 0 Å². The van der Waals surface area contributed by atoms with E-state index in [2.05, 4.69) is 17.2 Å². The minimum Gasteiger partial charge on any atom is -0.306 e. The lowest BCUT2D eigenvalue weighted by molar-refractivity contribution is 0.493. The fraction of sp³-hybridized carbons (Fsp3) is 0.545. The normalized spacial score (nSPS) is 24.5. The molecular formula is C11H14N2. The topological polar surface area (TPSA) is 24.9 Å². The zero-order chi connectivity index (χ0) is 8.84. The van der Waals surface area contributed by atoms with Gasteiger partial charge in [-0.2, -0.15) is 0 Å². The molecule has 0 amide bonds. The molecular weight excluding hydrogens is 160 g/mol. The molecule has 0 saturated heterocycles.